The summed E-state index contributed by atoms with van der Waals surface area (Å²) in [6.45, 7) is 23.9. The second-order valence-electron chi connectivity index (χ2n) is 11.3. The minimum Gasteiger partial charge on any atom is -0.0619 e. The molecular formula is C22H38. The van der Waals surface area contributed by atoms with Crippen LogP contribution in [-0.4, -0.2) is 0 Å². The van der Waals surface area contributed by atoms with Gasteiger partial charge in [-0.25, -0.2) is 0 Å². The monoisotopic (exact) mass is 302 g/mol. The Balaban J connectivity index is 2.05. The molecule has 126 valence electrons. The third-order valence-corrected chi connectivity index (χ3v) is 11.9. The zero-order chi connectivity index (χ0) is 16.5. The molecule has 5 aliphatic carbocycles. The highest BCUT2D eigenvalue weighted by molar-refractivity contribution is 5.31. The first kappa shape index (κ1) is 15.5. The van der Waals surface area contributed by atoms with Crippen molar-refractivity contribution in [2.24, 2.45) is 56.7 Å². The van der Waals surface area contributed by atoms with Crippen LogP contribution in [0.5, 0.6) is 0 Å². The van der Waals surface area contributed by atoms with Crippen molar-refractivity contribution in [2.45, 2.75) is 81.6 Å². The Bertz CT molecular complexity index is 532. The minimum absolute atomic E-state index is 0.468. The van der Waals surface area contributed by atoms with E-state index in [0.29, 0.717) is 27.1 Å². The Morgan fingerprint density at radius 3 is 1.91 bits per heavy atom. The first-order valence-electron chi connectivity index (χ1n) is 9.90. The summed E-state index contributed by atoms with van der Waals surface area (Å²) in [5.41, 5.74) is 2.52. The average molecular weight is 303 g/mol. The molecule has 5 fully saturated rings. The zero-order valence-electron chi connectivity index (χ0n) is 16.5. The van der Waals surface area contributed by atoms with Crippen molar-refractivity contribution >= 4 is 0 Å². The van der Waals surface area contributed by atoms with Crippen LogP contribution < -0.4 is 0 Å². The van der Waals surface area contributed by atoms with Crippen molar-refractivity contribution in [3.8, 4) is 0 Å². The second-order valence-corrected chi connectivity index (χ2v) is 11.3. The van der Waals surface area contributed by atoms with E-state index in [1.165, 1.54) is 19.3 Å². The smallest absolute Gasteiger partial charge is 0.0151 e. The van der Waals surface area contributed by atoms with E-state index in [1.807, 2.05) is 0 Å². The fourth-order valence-electron chi connectivity index (χ4n) is 9.84. The van der Waals surface area contributed by atoms with E-state index in [-0.39, 0.29) is 0 Å². The quantitative estimate of drug-likeness (QED) is 0.485. The molecule has 9 unspecified atom stereocenters. The lowest BCUT2D eigenvalue weighted by molar-refractivity contribution is -0.402. The lowest BCUT2D eigenvalue weighted by atomic mass is 9.16. The normalized spacial score (nSPS) is 68.3. The molecule has 0 heterocycles. The molecule has 0 N–H and O–H groups in total. The SMILES string of the molecule is CC1C2CC(C)C3(C)C1(C)CC1CC(C)C1(C)C3(C)C2(C)C. The second kappa shape index (κ2) is 3.65. The number of rotatable bonds is 0. The van der Waals surface area contributed by atoms with Crippen LogP contribution in [0, 0.1) is 56.7 Å². The topological polar surface area (TPSA) is 0 Å². The maximum absolute atomic E-state index is 2.74. The van der Waals surface area contributed by atoms with Gasteiger partial charge in [0.15, 0.2) is 0 Å². The highest BCUT2D eigenvalue weighted by Crippen LogP contribution is 2.89. The summed E-state index contributed by atoms with van der Waals surface area (Å²) in [6, 6.07) is 0. The third kappa shape index (κ3) is 1.05. The summed E-state index contributed by atoms with van der Waals surface area (Å²) >= 11 is 0. The first-order valence-corrected chi connectivity index (χ1v) is 9.90. The molecule has 0 spiro atoms. The van der Waals surface area contributed by atoms with Gasteiger partial charge in [-0.15, -0.1) is 0 Å². The van der Waals surface area contributed by atoms with Crippen LogP contribution in [0.25, 0.3) is 0 Å². The van der Waals surface area contributed by atoms with E-state index in [9.17, 15) is 0 Å². The summed E-state index contributed by atoms with van der Waals surface area (Å²) in [4.78, 5) is 0. The molecule has 0 amide bonds. The predicted molar refractivity (Wildman–Crippen MR) is 94.5 cm³/mol. The highest BCUT2D eigenvalue weighted by Gasteiger charge is 2.83. The summed E-state index contributed by atoms with van der Waals surface area (Å²) in [6.07, 6.45) is 4.45. The van der Waals surface area contributed by atoms with Gasteiger partial charge in [0.05, 0.1) is 0 Å². The van der Waals surface area contributed by atoms with Gasteiger partial charge in [-0.1, -0.05) is 62.3 Å². The zero-order valence-corrected chi connectivity index (χ0v) is 16.5. The van der Waals surface area contributed by atoms with Crippen molar-refractivity contribution in [1.29, 1.82) is 0 Å². The molecule has 5 saturated carbocycles. The summed E-state index contributed by atoms with van der Waals surface area (Å²) in [7, 11) is 0. The van der Waals surface area contributed by atoms with Gasteiger partial charge in [0.1, 0.15) is 0 Å². The van der Waals surface area contributed by atoms with Gasteiger partial charge in [-0.2, -0.15) is 0 Å². The van der Waals surface area contributed by atoms with Gasteiger partial charge in [-0.3, -0.25) is 0 Å². The Morgan fingerprint density at radius 1 is 0.773 bits per heavy atom. The van der Waals surface area contributed by atoms with Gasteiger partial charge in [0.25, 0.3) is 0 Å². The van der Waals surface area contributed by atoms with E-state index in [0.717, 1.165) is 29.6 Å². The van der Waals surface area contributed by atoms with Gasteiger partial charge in [0, 0.05) is 0 Å². The Kier molecular flexibility index (Phi) is 2.57. The fraction of sp³-hybridized carbons (Fsp3) is 1.00. The largest absolute Gasteiger partial charge is 0.0619 e. The number of hydrogen-bond acceptors (Lipinski definition) is 0. The van der Waals surface area contributed by atoms with Crippen LogP contribution in [0.2, 0.25) is 0 Å². The van der Waals surface area contributed by atoms with Crippen LogP contribution in [-0.2, 0) is 0 Å². The van der Waals surface area contributed by atoms with Gasteiger partial charge in [0.2, 0.25) is 0 Å². The van der Waals surface area contributed by atoms with E-state index in [1.54, 1.807) is 0 Å². The maximum Gasteiger partial charge on any atom is -0.0151 e. The standard InChI is InChI=1S/C22H38/c1-13-10-16-12-19(6)15(3)17-11-14(2)21(19,8)22(9,18(17,4)5)20(13,16)7/h13-17H,10-12H2,1-9H3. The molecule has 4 bridgehead atoms. The summed E-state index contributed by atoms with van der Waals surface area (Å²) in [5.74, 6) is 4.55. The third-order valence-electron chi connectivity index (χ3n) is 11.9. The highest BCUT2D eigenvalue weighted by atomic mass is 14.9. The van der Waals surface area contributed by atoms with Crippen molar-refractivity contribution in [1.82, 2.24) is 0 Å². The molecule has 0 saturated heterocycles. The average Bonchev–Trinajstić information content (AvgIpc) is 2.44. The predicted octanol–water partition coefficient (Wildman–Crippen LogP) is 6.40. The molecule has 0 radical (unpaired) electrons. The summed E-state index contributed by atoms with van der Waals surface area (Å²) < 4.78 is 0. The van der Waals surface area contributed by atoms with Crippen molar-refractivity contribution < 1.29 is 0 Å². The van der Waals surface area contributed by atoms with Gasteiger partial charge >= 0.3 is 0 Å². The van der Waals surface area contributed by atoms with Crippen LogP contribution in [0.1, 0.15) is 81.6 Å². The van der Waals surface area contributed by atoms with E-state index in [4.69, 9.17) is 0 Å². The van der Waals surface area contributed by atoms with E-state index < -0.39 is 0 Å². The lowest BCUT2D eigenvalue weighted by Crippen LogP contribution is -2.82. The van der Waals surface area contributed by atoms with Crippen LogP contribution in [0.15, 0.2) is 0 Å². The Hall–Kier alpha value is 0. The molecule has 0 aliphatic heterocycles. The van der Waals surface area contributed by atoms with Crippen LogP contribution in [0.4, 0.5) is 0 Å². The van der Waals surface area contributed by atoms with Crippen LogP contribution >= 0.6 is 0 Å². The molecular weight excluding hydrogens is 264 g/mol. The molecule has 0 aromatic rings. The Labute approximate surface area is 138 Å². The molecule has 0 aromatic heterocycles. The van der Waals surface area contributed by atoms with E-state index >= 15 is 0 Å². The van der Waals surface area contributed by atoms with Crippen molar-refractivity contribution in [3.63, 3.8) is 0 Å². The molecule has 22 heavy (non-hydrogen) atoms. The van der Waals surface area contributed by atoms with Crippen molar-refractivity contribution in [2.75, 3.05) is 0 Å². The summed E-state index contributed by atoms with van der Waals surface area (Å²) in [5, 5.41) is 0. The van der Waals surface area contributed by atoms with Crippen LogP contribution in [0.3, 0.4) is 0 Å². The van der Waals surface area contributed by atoms with Gasteiger partial charge in [-0.05, 0) is 75.9 Å². The lowest BCUT2D eigenvalue weighted by Gasteiger charge is -2.88. The first-order chi connectivity index (χ1) is 9.90. The molecule has 0 nitrogen and oxygen atoms in total. The molecule has 0 heteroatoms. The number of fused-ring (bicyclic) bond motifs is 2. The number of hydrogen-bond donors (Lipinski definition) is 0. The van der Waals surface area contributed by atoms with Gasteiger partial charge < -0.3 is 0 Å². The molecule has 5 rings (SSSR count). The Morgan fingerprint density at radius 2 is 1.36 bits per heavy atom. The molecule has 5 aliphatic rings. The molecule has 9 atom stereocenters. The molecule has 0 aromatic carbocycles. The van der Waals surface area contributed by atoms with Crippen molar-refractivity contribution in [3.05, 3.63) is 0 Å². The minimum atomic E-state index is 0.468. The maximum atomic E-state index is 2.74. The fourth-order valence-corrected chi connectivity index (χ4v) is 9.84. The van der Waals surface area contributed by atoms with E-state index in [2.05, 4.69) is 62.3 Å².